The molecule has 0 bridgehead atoms. The third-order valence-corrected chi connectivity index (χ3v) is 7.48. The molecule has 154 valence electrons. The van der Waals surface area contributed by atoms with Crippen LogP contribution in [0.4, 0.5) is 4.79 Å². The van der Waals surface area contributed by atoms with Gasteiger partial charge < -0.3 is 14.5 Å². The maximum Gasteiger partial charge on any atom is 0.409 e. The summed E-state index contributed by atoms with van der Waals surface area (Å²) in [6.45, 7) is 5.02. The fourth-order valence-electron chi connectivity index (χ4n) is 2.99. The van der Waals surface area contributed by atoms with Crippen LogP contribution < -0.4 is 4.72 Å². The molecule has 1 aliphatic heterocycles. The SMILES string of the molecule is CCN(CC)C(=O)OC[C@H]1C[C@@H](NS(=O)(=O)c2cc(Br)ccc2Br)CN1C#N. The maximum atomic E-state index is 12.7. The van der Waals surface area contributed by atoms with Crippen LogP contribution in [0.25, 0.3) is 0 Å². The largest absolute Gasteiger partial charge is 0.447 e. The van der Waals surface area contributed by atoms with Gasteiger partial charge in [-0.05, 0) is 54.4 Å². The van der Waals surface area contributed by atoms with Crippen LogP contribution in [0.3, 0.4) is 0 Å². The number of nitriles is 1. The number of halogens is 2. The number of nitrogens with zero attached hydrogens (tertiary/aromatic N) is 3. The summed E-state index contributed by atoms with van der Waals surface area (Å²) >= 11 is 6.53. The molecule has 0 saturated carbocycles. The van der Waals surface area contributed by atoms with E-state index >= 15 is 0 Å². The number of ether oxygens (including phenoxy) is 1. The lowest BCUT2D eigenvalue weighted by Crippen LogP contribution is -2.36. The monoisotopic (exact) mass is 536 g/mol. The molecule has 1 aliphatic rings. The van der Waals surface area contributed by atoms with Crippen LogP contribution in [-0.2, 0) is 14.8 Å². The molecule has 8 nitrogen and oxygen atoms in total. The number of hydrogen-bond donors (Lipinski definition) is 1. The first-order valence-electron chi connectivity index (χ1n) is 8.77. The quantitative estimate of drug-likeness (QED) is 0.536. The number of hydrogen-bond acceptors (Lipinski definition) is 6. The van der Waals surface area contributed by atoms with Crippen molar-refractivity contribution < 1.29 is 17.9 Å². The topological polar surface area (TPSA) is 103 Å². The van der Waals surface area contributed by atoms with E-state index in [0.29, 0.717) is 28.5 Å². The van der Waals surface area contributed by atoms with E-state index in [1.54, 1.807) is 12.1 Å². The highest BCUT2D eigenvalue weighted by molar-refractivity contribution is 9.11. The zero-order valence-corrected chi connectivity index (χ0v) is 19.5. The number of carbonyl (C=O) groups excluding carboxylic acids is 1. The highest BCUT2D eigenvalue weighted by atomic mass is 79.9. The molecular formula is C17H22Br2N4O4S. The van der Waals surface area contributed by atoms with Crippen molar-refractivity contribution in [1.29, 1.82) is 5.26 Å². The number of carbonyl (C=O) groups is 1. The molecule has 0 aliphatic carbocycles. The minimum Gasteiger partial charge on any atom is -0.447 e. The summed E-state index contributed by atoms with van der Waals surface area (Å²) in [4.78, 5) is 15.1. The molecule has 2 rings (SSSR count). The van der Waals surface area contributed by atoms with Crippen molar-refractivity contribution in [1.82, 2.24) is 14.5 Å². The third kappa shape index (κ3) is 5.59. The summed E-state index contributed by atoms with van der Waals surface area (Å²) < 4.78 is 34.5. The zero-order valence-electron chi connectivity index (χ0n) is 15.6. The van der Waals surface area contributed by atoms with Crippen molar-refractivity contribution in [2.45, 2.75) is 37.2 Å². The van der Waals surface area contributed by atoms with E-state index in [1.807, 2.05) is 20.0 Å². The van der Waals surface area contributed by atoms with Gasteiger partial charge in [-0.15, -0.1) is 0 Å². The number of rotatable bonds is 7. The van der Waals surface area contributed by atoms with Crippen LogP contribution in [0.15, 0.2) is 32.0 Å². The summed E-state index contributed by atoms with van der Waals surface area (Å²) in [5.41, 5.74) is 0. The van der Waals surface area contributed by atoms with Gasteiger partial charge in [0, 0.05) is 34.6 Å². The van der Waals surface area contributed by atoms with Gasteiger partial charge in [0.25, 0.3) is 0 Å². The van der Waals surface area contributed by atoms with Crippen LogP contribution in [0.2, 0.25) is 0 Å². The van der Waals surface area contributed by atoms with Crippen molar-refractivity contribution in [2.24, 2.45) is 0 Å². The van der Waals surface area contributed by atoms with Crippen LogP contribution >= 0.6 is 31.9 Å². The Morgan fingerprint density at radius 1 is 1.39 bits per heavy atom. The number of likely N-dealkylation sites (tertiary alicyclic amines) is 1. The summed E-state index contributed by atoms with van der Waals surface area (Å²) in [5.74, 6) is 0. The molecule has 28 heavy (non-hydrogen) atoms. The minimum absolute atomic E-state index is 0.0295. The molecular weight excluding hydrogens is 516 g/mol. The lowest BCUT2D eigenvalue weighted by molar-refractivity contribution is 0.0877. The van der Waals surface area contributed by atoms with Gasteiger partial charge in [0.1, 0.15) is 6.61 Å². The van der Waals surface area contributed by atoms with Crippen LogP contribution in [0.5, 0.6) is 0 Å². The predicted molar refractivity (Wildman–Crippen MR) is 111 cm³/mol. The summed E-state index contributed by atoms with van der Waals surface area (Å²) in [6, 6.07) is 4.05. The van der Waals surface area contributed by atoms with Crippen molar-refractivity contribution >= 4 is 48.0 Å². The molecule has 1 aromatic rings. The van der Waals surface area contributed by atoms with Gasteiger partial charge in [-0.3, -0.25) is 0 Å². The van der Waals surface area contributed by atoms with E-state index in [1.165, 1.54) is 15.9 Å². The molecule has 1 heterocycles. The second kappa shape index (κ2) is 9.91. The molecule has 1 N–H and O–H groups in total. The average Bonchev–Trinajstić information content (AvgIpc) is 3.03. The molecule has 0 unspecified atom stereocenters. The van der Waals surface area contributed by atoms with Crippen LogP contribution in [0.1, 0.15) is 20.3 Å². The van der Waals surface area contributed by atoms with Crippen LogP contribution in [-0.4, -0.2) is 62.6 Å². The second-order valence-electron chi connectivity index (χ2n) is 6.28. The standard InChI is InChI=1S/C17H22Br2N4O4S/c1-3-22(4-2)17(24)27-10-14-8-13(9-23(14)11-20)21-28(25,26)16-7-12(18)5-6-15(16)19/h5-7,13-14,21H,3-4,8-10H2,1-2H3/t13-,14-/m1/s1. The molecule has 0 aromatic heterocycles. The Labute approximate surface area is 182 Å². The Hall–Kier alpha value is -1.35. The van der Waals surface area contributed by atoms with Gasteiger partial charge in [-0.2, -0.15) is 5.26 Å². The molecule has 11 heteroatoms. The number of nitrogens with one attached hydrogen (secondary N) is 1. The lowest BCUT2D eigenvalue weighted by atomic mass is 10.2. The Morgan fingerprint density at radius 2 is 2.07 bits per heavy atom. The predicted octanol–water partition coefficient (Wildman–Crippen LogP) is 2.89. The van der Waals surface area contributed by atoms with Crippen LogP contribution in [0, 0.1) is 11.5 Å². The van der Waals surface area contributed by atoms with Crippen molar-refractivity contribution in [3.63, 3.8) is 0 Å². The van der Waals surface area contributed by atoms with Crippen molar-refractivity contribution in [2.75, 3.05) is 26.2 Å². The highest BCUT2D eigenvalue weighted by Gasteiger charge is 2.35. The average molecular weight is 538 g/mol. The third-order valence-electron chi connectivity index (χ3n) is 4.47. The first kappa shape index (κ1) is 22.9. The maximum absolute atomic E-state index is 12.7. The van der Waals surface area contributed by atoms with Gasteiger partial charge in [-0.25, -0.2) is 17.9 Å². The smallest absolute Gasteiger partial charge is 0.409 e. The lowest BCUT2D eigenvalue weighted by Gasteiger charge is -2.22. The van der Waals surface area contributed by atoms with Gasteiger partial charge in [0.15, 0.2) is 6.19 Å². The molecule has 1 fully saturated rings. The fourth-order valence-corrected chi connectivity index (χ4v) is 5.73. The Bertz CT molecular complexity index is 855. The minimum atomic E-state index is -3.78. The zero-order chi connectivity index (χ0) is 20.9. The summed E-state index contributed by atoms with van der Waals surface area (Å²) in [5, 5.41) is 9.35. The van der Waals surface area contributed by atoms with Gasteiger partial charge in [0.2, 0.25) is 10.0 Å². The molecule has 0 radical (unpaired) electrons. The molecule has 0 spiro atoms. The van der Waals surface area contributed by atoms with E-state index in [2.05, 4.69) is 36.6 Å². The first-order chi connectivity index (χ1) is 13.2. The Kier molecular flexibility index (Phi) is 8.12. The van der Waals surface area contributed by atoms with Crippen molar-refractivity contribution in [3.05, 3.63) is 27.1 Å². The summed E-state index contributed by atoms with van der Waals surface area (Å²) in [7, 11) is -3.78. The van der Waals surface area contributed by atoms with E-state index in [-0.39, 0.29) is 24.1 Å². The Morgan fingerprint density at radius 3 is 2.68 bits per heavy atom. The highest BCUT2D eigenvalue weighted by Crippen LogP contribution is 2.27. The molecule has 2 atom stereocenters. The molecule has 1 saturated heterocycles. The van der Waals surface area contributed by atoms with Gasteiger partial charge in [0.05, 0.1) is 10.9 Å². The number of sulfonamides is 1. The fraction of sp³-hybridized carbons (Fsp3) is 0.529. The molecule has 1 amide bonds. The summed E-state index contributed by atoms with van der Waals surface area (Å²) in [6.07, 6.45) is 1.97. The second-order valence-corrected chi connectivity index (χ2v) is 9.74. The van der Waals surface area contributed by atoms with E-state index in [4.69, 9.17) is 4.74 Å². The van der Waals surface area contributed by atoms with Crippen molar-refractivity contribution in [3.8, 4) is 6.19 Å². The van der Waals surface area contributed by atoms with Gasteiger partial charge in [-0.1, -0.05) is 15.9 Å². The van der Waals surface area contributed by atoms with E-state index in [9.17, 15) is 18.5 Å². The number of benzene rings is 1. The molecule has 1 aromatic carbocycles. The first-order valence-corrected chi connectivity index (χ1v) is 11.8. The normalized spacial score (nSPS) is 19.3. The van der Waals surface area contributed by atoms with E-state index in [0.717, 1.165) is 0 Å². The Balaban J connectivity index is 2.04. The number of amides is 1. The van der Waals surface area contributed by atoms with E-state index < -0.39 is 22.2 Å². The van der Waals surface area contributed by atoms with Gasteiger partial charge >= 0.3 is 6.09 Å².